The zero-order valence-corrected chi connectivity index (χ0v) is 25.7. The van der Waals surface area contributed by atoms with Crippen molar-refractivity contribution in [1.29, 1.82) is 0 Å². The van der Waals surface area contributed by atoms with Gasteiger partial charge < -0.3 is 38.8 Å². The molecule has 246 valence electrons. The van der Waals surface area contributed by atoms with Gasteiger partial charge in [0.15, 0.2) is 0 Å². The average molecular weight is 669 g/mol. The third kappa shape index (κ3) is 5.86. The molecule has 0 aliphatic rings. The molecule has 0 fully saturated rings. The minimum absolute atomic E-state index is 0.0166. The molecule has 0 aliphatic carbocycles. The van der Waals surface area contributed by atoms with E-state index in [0.717, 1.165) is 16.2 Å². The van der Waals surface area contributed by atoms with Crippen LogP contribution in [0.4, 0.5) is 0 Å². The van der Waals surface area contributed by atoms with Crippen LogP contribution in [-0.4, -0.2) is 25.5 Å². The first-order valence-corrected chi connectivity index (χ1v) is 15.0. The van der Waals surface area contributed by atoms with Gasteiger partial charge in [0.25, 0.3) is 0 Å². The third-order valence-electron chi connectivity index (χ3n) is 7.97. The molecule has 11 heteroatoms. The second-order valence-corrected chi connectivity index (χ2v) is 11.2. The zero-order valence-electron chi connectivity index (χ0n) is 25.7. The summed E-state index contributed by atoms with van der Waals surface area (Å²) in [7, 11) is 0. The molecule has 3 aromatic heterocycles. The lowest BCUT2D eigenvalue weighted by atomic mass is 10.1. The van der Waals surface area contributed by atoms with E-state index in [1.807, 2.05) is 12.1 Å². The Kier molecular flexibility index (Phi) is 7.77. The number of phenols is 5. The molecule has 9 rings (SSSR count). The van der Waals surface area contributed by atoms with Crippen LogP contribution >= 0.6 is 0 Å². The quantitative estimate of drug-likeness (QED) is 0.0801. The summed E-state index contributed by atoms with van der Waals surface area (Å²) < 4.78 is 15.3. The van der Waals surface area contributed by atoms with Crippen LogP contribution in [0.15, 0.2) is 143 Å². The number of benzene rings is 6. The number of aromatic hydroxyl groups is 5. The maximum atomic E-state index is 11.7. The van der Waals surface area contributed by atoms with E-state index in [0.29, 0.717) is 49.1 Å². The summed E-state index contributed by atoms with van der Waals surface area (Å²) >= 11 is 0. The highest BCUT2D eigenvalue weighted by Crippen LogP contribution is 2.29. The third-order valence-corrected chi connectivity index (χ3v) is 7.97. The Hall–Kier alpha value is -7.27. The van der Waals surface area contributed by atoms with E-state index in [-0.39, 0.29) is 34.4 Å². The van der Waals surface area contributed by atoms with Gasteiger partial charge in [-0.2, -0.15) is 0 Å². The van der Waals surface area contributed by atoms with Crippen molar-refractivity contribution in [3.8, 4) is 28.7 Å². The van der Waals surface area contributed by atoms with E-state index in [2.05, 4.69) is 0 Å². The van der Waals surface area contributed by atoms with Crippen molar-refractivity contribution in [1.82, 2.24) is 0 Å². The predicted molar refractivity (Wildman–Crippen MR) is 188 cm³/mol. The van der Waals surface area contributed by atoms with Crippen molar-refractivity contribution < 1.29 is 38.8 Å². The summed E-state index contributed by atoms with van der Waals surface area (Å²) in [6, 6.07) is 30.1. The first-order chi connectivity index (χ1) is 24.0. The lowest BCUT2D eigenvalue weighted by molar-refractivity contribution is 0.472. The maximum Gasteiger partial charge on any atom is 0.344 e. The monoisotopic (exact) mass is 668 g/mol. The number of hydrogen-bond acceptors (Lipinski definition) is 11. The second-order valence-electron chi connectivity index (χ2n) is 11.2. The molecule has 11 nitrogen and oxygen atoms in total. The van der Waals surface area contributed by atoms with Gasteiger partial charge in [0.2, 0.25) is 0 Å². The van der Waals surface area contributed by atoms with Crippen molar-refractivity contribution in [3.63, 3.8) is 0 Å². The first-order valence-electron chi connectivity index (χ1n) is 15.0. The highest BCUT2D eigenvalue weighted by molar-refractivity contribution is 6.06. The van der Waals surface area contributed by atoms with E-state index < -0.39 is 11.3 Å². The van der Waals surface area contributed by atoms with Gasteiger partial charge in [0.1, 0.15) is 45.5 Å². The molecule has 0 saturated carbocycles. The van der Waals surface area contributed by atoms with E-state index >= 15 is 0 Å². The van der Waals surface area contributed by atoms with Crippen LogP contribution in [0.2, 0.25) is 0 Å². The number of fused-ring (bicyclic) bond motifs is 9. The van der Waals surface area contributed by atoms with Crippen LogP contribution in [0, 0.1) is 0 Å². The van der Waals surface area contributed by atoms with Crippen molar-refractivity contribution >= 4 is 65.2 Å². The smallest absolute Gasteiger partial charge is 0.344 e. The molecular formula is C39H24O11. The lowest BCUT2D eigenvalue weighted by Gasteiger charge is -2.03. The largest absolute Gasteiger partial charge is 0.508 e. The Bertz CT molecular complexity index is 2960. The summed E-state index contributed by atoms with van der Waals surface area (Å²) in [5.41, 5.74) is -0.370. The van der Waals surface area contributed by atoms with Crippen LogP contribution in [0.1, 0.15) is 0 Å². The molecule has 3 heterocycles. The Balaban J connectivity index is 0.000000118. The average Bonchev–Trinajstić information content (AvgIpc) is 3.09. The van der Waals surface area contributed by atoms with Crippen molar-refractivity contribution in [2.24, 2.45) is 0 Å². The van der Waals surface area contributed by atoms with E-state index in [1.54, 1.807) is 42.5 Å². The molecular weight excluding hydrogens is 644 g/mol. The highest BCUT2D eigenvalue weighted by Gasteiger charge is 2.10. The van der Waals surface area contributed by atoms with Gasteiger partial charge in [0.05, 0.1) is 16.2 Å². The topological polar surface area (TPSA) is 192 Å². The Labute approximate surface area is 279 Å². The minimum atomic E-state index is -0.533. The molecule has 0 unspecified atom stereocenters. The molecule has 0 aliphatic heterocycles. The zero-order chi connectivity index (χ0) is 35.1. The molecule has 0 atom stereocenters. The van der Waals surface area contributed by atoms with Crippen LogP contribution in [0.25, 0.3) is 65.2 Å². The van der Waals surface area contributed by atoms with Gasteiger partial charge in [-0.1, -0.05) is 18.2 Å². The van der Waals surface area contributed by atoms with Crippen LogP contribution < -0.4 is 16.9 Å². The predicted octanol–water partition coefficient (Wildman–Crippen LogP) is 7.37. The minimum Gasteiger partial charge on any atom is -0.508 e. The first kappa shape index (κ1) is 31.3. The molecule has 6 aromatic carbocycles. The van der Waals surface area contributed by atoms with E-state index in [1.165, 1.54) is 60.7 Å². The van der Waals surface area contributed by atoms with Gasteiger partial charge in [0, 0.05) is 45.1 Å². The van der Waals surface area contributed by atoms with Crippen LogP contribution in [0.5, 0.6) is 28.7 Å². The van der Waals surface area contributed by atoms with Crippen molar-refractivity contribution in [2.45, 2.75) is 0 Å². The Morgan fingerprint density at radius 3 is 1.08 bits per heavy atom. The number of rotatable bonds is 0. The Morgan fingerprint density at radius 2 is 0.600 bits per heavy atom. The SMILES string of the molecule is O=c1oc2cc(O)ccc2c2cc(O)ccc12.O=c1oc2cc(O)ccc2c2ccc(O)cc12.O=c1oc2cc(O)ccc2c2ccccc12. The van der Waals surface area contributed by atoms with E-state index in [9.17, 15) is 39.9 Å². The molecule has 50 heavy (non-hydrogen) atoms. The van der Waals surface area contributed by atoms with E-state index in [4.69, 9.17) is 13.3 Å². The van der Waals surface area contributed by atoms with Gasteiger partial charge in [-0.15, -0.1) is 0 Å². The molecule has 0 radical (unpaired) electrons. The molecule has 0 saturated heterocycles. The fourth-order valence-corrected chi connectivity index (χ4v) is 5.68. The normalized spacial score (nSPS) is 11.0. The lowest BCUT2D eigenvalue weighted by Crippen LogP contribution is -1.99. The van der Waals surface area contributed by atoms with Gasteiger partial charge >= 0.3 is 16.9 Å². The van der Waals surface area contributed by atoms with Crippen LogP contribution in [0.3, 0.4) is 0 Å². The van der Waals surface area contributed by atoms with Gasteiger partial charge in [-0.3, -0.25) is 0 Å². The standard InChI is InChI=1S/2C13H8O4.C13H8O3/c14-7-2-4-10-11(5-7)9-3-1-8(15)6-12(9)17-13(10)16;14-7-1-3-9-10-4-2-8(15)6-12(10)17-13(16)11(9)5-7;14-8-5-6-10-9-3-1-2-4-11(9)13(15)16-12(10)7-8/h2*1-6,14-15H;1-7,14H. The summed E-state index contributed by atoms with van der Waals surface area (Å²) in [6.07, 6.45) is 0. The van der Waals surface area contributed by atoms with Crippen molar-refractivity contribution in [3.05, 3.63) is 147 Å². The molecule has 0 amide bonds. The highest BCUT2D eigenvalue weighted by atomic mass is 16.4. The van der Waals surface area contributed by atoms with Crippen LogP contribution in [-0.2, 0) is 0 Å². The summed E-state index contributed by atoms with van der Waals surface area (Å²) in [5, 5.41) is 52.4. The molecule has 5 N–H and O–H groups in total. The maximum absolute atomic E-state index is 11.7. The molecule has 9 aromatic rings. The Morgan fingerprint density at radius 1 is 0.300 bits per heavy atom. The summed E-state index contributed by atoms with van der Waals surface area (Å²) in [6.45, 7) is 0. The molecule has 0 spiro atoms. The number of hydrogen-bond donors (Lipinski definition) is 5. The summed E-state index contributed by atoms with van der Waals surface area (Å²) in [4.78, 5) is 35.0. The van der Waals surface area contributed by atoms with Gasteiger partial charge in [-0.25, -0.2) is 14.4 Å². The second kappa shape index (κ2) is 12.4. The van der Waals surface area contributed by atoms with Crippen molar-refractivity contribution in [2.75, 3.05) is 0 Å². The van der Waals surface area contributed by atoms with Gasteiger partial charge in [-0.05, 0) is 84.2 Å². The molecule has 0 bridgehead atoms. The summed E-state index contributed by atoms with van der Waals surface area (Å²) in [5.74, 6) is 0.255. The fraction of sp³-hybridized carbons (Fsp3) is 0. The number of phenolic OH excluding ortho intramolecular Hbond substituents is 5. The fourth-order valence-electron chi connectivity index (χ4n) is 5.68.